The van der Waals surface area contributed by atoms with E-state index in [0.29, 0.717) is 48.6 Å². The summed E-state index contributed by atoms with van der Waals surface area (Å²) in [5.41, 5.74) is 1.47. The number of methoxy groups -OCH3 is 1. The number of anilines is 2. The summed E-state index contributed by atoms with van der Waals surface area (Å²) in [6, 6.07) is 11.4. The van der Waals surface area contributed by atoms with Gasteiger partial charge in [-0.3, -0.25) is 14.9 Å². The van der Waals surface area contributed by atoms with Crippen LogP contribution in [0.15, 0.2) is 42.5 Å². The van der Waals surface area contributed by atoms with E-state index < -0.39 is 4.92 Å². The van der Waals surface area contributed by atoms with Crippen LogP contribution in [0.3, 0.4) is 0 Å². The zero-order valence-corrected chi connectivity index (χ0v) is 16.9. The van der Waals surface area contributed by atoms with Crippen LogP contribution in [0.1, 0.15) is 18.4 Å². The molecule has 0 atom stereocenters. The molecular weight excluding hydrogens is 388 g/mol. The van der Waals surface area contributed by atoms with Gasteiger partial charge >= 0.3 is 6.03 Å². The Morgan fingerprint density at radius 3 is 2.50 bits per heavy atom. The fourth-order valence-corrected chi connectivity index (χ4v) is 3.41. The van der Waals surface area contributed by atoms with Gasteiger partial charge in [-0.05, 0) is 38.0 Å². The third kappa shape index (κ3) is 4.86. The van der Waals surface area contributed by atoms with Gasteiger partial charge in [-0.1, -0.05) is 18.2 Å². The molecule has 0 saturated carbocycles. The van der Waals surface area contributed by atoms with E-state index in [4.69, 9.17) is 4.74 Å². The zero-order chi connectivity index (χ0) is 21.7. The van der Waals surface area contributed by atoms with Crippen molar-refractivity contribution in [3.8, 4) is 5.75 Å². The van der Waals surface area contributed by atoms with Gasteiger partial charge in [0.25, 0.3) is 5.69 Å². The maximum absolute atomic E-state index is 12.6. The monoisotopic (exact) mass is 412 g/mol. The summed E-state index contributed by atoms with van der Waals surface area (Å²) < 4.78 is 5.25. The van der Waals surface area contributed by atoms with E-state index in [1.54, 1.807) is 43.2 Å². The number of hydrogen-bond donors (Lipinski definition) is 2. The number of hydrogen-bond acceptors (Lipinski definition) is 5. The first-order valence-electron chi connectivity index (χ1n) is 9.64. The molecule has 0 spiro atoms. The maximum Gasteiger partial charge on any atom is 0.321 e. The van der Waals surface area contributed by atoms with E-state index in [2.05, 4.69) is 10.6 Å². The lowest BCUT2D eigenvalue weighted by Gasteiger charge is -2.31. The van der Waals surface area contributed by atoms with Gasteiger partial charge in [0.15, 0.2) is 0 Å². The lowest BCUT2D eigenvalue weighted by atomic mass is 9.96. The number of urea groups is 1. The molecule has 9 nitrogen and oxygen atoms in total. The molecule has 1 aliphatic heterocycles. The van der Waals surface area contributed by atoms with Crippen molar-refractivity contribution in [2.24, 2.45) is 5.92 Å². The topological polar surface area (TPSA) is 114 Å². The average molecular weight is 412 g/mol. The van der Waals surface area contributed by atoms with Crippen molar-refractivity contribution in [3.05, 3.63) is 58.1 Å². The third-order valence-electron chi connectivity index (χ3n) is 5.17. The number of carbonyl (C=O) groups is 2. The summed E-state index contributed by atoms with van der Waals surface area (Å²) in [6.45, 7) is 2.48. The number of benzene rings is 2. The highest BCUT2D eigenvalue weighted by molar-refractivity contribution is 5.94. The largest absolute Gasteiger partial charge is 0.495 e. The number of ether oxygens (including phenoxy) is 1. The van der Waals surface area contributed by atoms with Gasteiger partial charge in [-0.2, -0.15) is 0 Å². The van der Waals surface area contributed by atoms with Gasteiger partial charge < -0.3 is 20.3 Å². The van der Waals surface area contributed by atoms with Gasteiger partial charge in [0, 0.05) is 36.3 Å². The Morgan fingerprint density at radius 2 is 1.83 bits per heavy atom. The molecule has 9 heteroatoms. The maximum atomic E-state index is 12.6. The van der Waals surface area contributed by atoms with Crippen LogP contribution in [0.2, 0.25) is 0 Å². The summed E-state index contributed by atoms with van der Waals surface area (Å²) in [7, 11) is 1.55. The number of nitro groups is 1. The van der Waals surface area contributed by atoms with Crippen molar-refractivity contribution in [2.75, 3.05) is 30.8 Å². The third-order valence-corrected chi connectivity index (χ3v) is 5.17. The number of rotatable bonds is 5. The first-order chi connectivity index (χ1) is 14.4. The molecule has 2 aromatic rings. The lowest BCUT2D eigenvalue weighted by molar-refractivity contribution is -0.385. The first-order valence-corrected chi connectivity index (χ1v) is 9.64. The van der Waals surface area contributed by atoms with Crippen molar-refractivity contribution in [1.29, 1.82) is 0 Å². The summed E-state index contributed by atoms with van der Waals surface area (Å²) >= 11 is 0. The normalized spacial score (nSPS) is 14.1. The Kier molecular flexibility index (Phi) is 6.51. The number of aryl methyl sites for hydroxylation is 1. The highest BCUT2D eigenvalue weighted by Gasteiger charge is 2.28. The average Bonchev–Trinajstić information content (AvgIpc) is 2.75. The van der Waals surface area contributed by atoms with Gasteiger partial charge in [-0.25, -0.2) is 4.79 Å². The fraction of sp³-hybridized carbons (Fsp3) is 0.333. The predicted octanol–water partition coefficient (Wildman–Crippen LogP) is 3.79. The summed E-state index contributed by atoms with van der Waals surface area (Å²) in [4.78, 5) is 37.3. The first kappa shape index (κ1) is 21.1. The van der Waals surface area contributed by atoms with Crippen LogP contribution in [-0.4, -0.2) is 42.0 Å². The second kappa shape index (κ2) is 9.25. The molecule has 0 unspecified atom stereocenters. The number of piperidine rings is 1. The zero-order valence-electron chi connectivity index (χ0n) is 16.9. The molecule has 158 valence electrons. The van der Waals surface area contributed by atoms with E-state index in [1.165, 1.54) is 6.07 Å². The van der Waals surface area contributed by atoms with E-state index in [9.17, 15) is 19.7 Å². The van der Waals surface area contributed by atoms with Crippen LogP contribution < -0.4 is 15.4 Å². The molecule has 1 aliphatic rings. The number of amides is 3. The van der Waals surface area contributed by atoms with Crippen LogP contribution in [0.25, 0.3) is 0 Å². The van der Waals surface area contributed by atoms with Crippen molar-refractivity contribution >= 4 is 29.0 Å². The minimum Gasteiger partial charge on any atom is -0.495 e. The van der Waals surface area contributed by atoms with Gasteiger partial charge in [-0.15, -0.1) is 0 Å². The molecular formula is C21H24N4O5. The highest BCUT2D eigenvalue weighted by atomic mass is 16.6. The van der Waals surface area contributed by atoms with Crippen LogP contribution in [0.5, 0.6) is 5.75 Å². The number of nitrogens with zero attached hydrogens (tertiary/aromatic N) is 2. The van der Waals surface area contributed by atoms with E-state index in [0.717, 1.165) is 0 Å². The van der Waals surface area contributed by atoms with Crippen molar-refractivity contribution in [3.63, 3.8) is 0 Å². The quantitative estimate of drug-likeness (QED) is 0.573. The van der Waals surface area contributed by atoms with Crippen LogP contribution in [0, 0.1) is 23.0 Å². The molecule has 2 N–H and O–H groups in total. The van der Waals surface area contributed by atoms with Gasteiger partial charge in [0.05, 0.1) is 17.7 Å². The standard InChI is InChI=1S/C21H24N4O5/c1-14-7-8-16(13-18(14)25(28)29)22-21(27)24-11-9-15(10-12-24)20(26)23-17-5-3-4-6-19(17)30-2/h3-8,13,15H,9-12H2,1-2H3,(H,22,27)(H,23,26). The van der Waals surface area contributed by atoms with Crippen molar-refractivity contribution < 1.29 is 19.2 Å². The molecule has 0 radical (unpaired) electrons. The van der Waals surface area contributed by atoms with Crippen LogP contribution in [-0.2, 0) is 4.79 Å². The molecule has 1 saturated heterocycles. The Bertz CT molecular complexity index is 954. The highest BCUT2D eigenvalue weighted by Crippen LogP contribution is 2.26. The van der Waals surface area contributed by atoms with Crippen LogP contribution >= 0.6 is 0 Å². The molecule has 2 aromatic carbocycles. The van der Waals surface area contributed by atoms with Crippen molar-refractivity contribution in [2.45, 2.75) is 19.8 Å². The fourth-order valence-electron chi connectivity index (χ4n) is 3.41. The van der Waals surface area contributed by atoms with E-state index in [-0.39, 0.29) is 23.5 Å². The molecule has 1 heterocycles. The molecule has 0 aliphatic carbocycles. The molecule has 3 rings (SSSR count). The number of likely N-dealkylation sites (tertiary alicyclic amines) is 1. The number of para-hydroxylation sites is 2. The number of carbonyl (C=O) groups excluding carboxylic acids is 2. The van der Waals surface area contributed by atoms with Gasteiger partial charge in [0.2, 0.25) is 5.91 Å². The lowest BCUT2D eigenvalue weighted by Crippen LogP contribution is -2.43. The van der Waals surface area contributed by atoms with Crippen molar-refractivity contribution in [1.82, 2.24) is 4.90 Å². The SMILES string of the molecule is COc1ccccc1NC(=O)C1CCN(C(=O)Nc2ccc(C)c([N+](=O)[O-])c2)CC1. The smallest absolute Gasteiger partial charge is 0.321 e. The second-order valence-electron chi connectivity index (χ2n) is 7.14. The minimum atomic E-state index is -0.475. The molecule has 3 amide bonds. The Labute approximate surface area is 174 Å². The molecule has 1 fully saturated rings. The molecule has 0 aromatic heterocycles. The summed E-state index contributed by atoms with van der Waals surface area (Å²) in [6.07, 6.45) is 1.06. The summed E-state index contributed by atoms with van der Waals surface area (Å²) in [5.74, 6) is 0.281. The molecule has 0 bridgehead atoms. The Hall–Kier alpha value is -3.62. The minimum absolute atomic E-state index is 0.0421. The predicted molar refractivity (Wildman–Crippen MR) is 113 cm³/mol. The summed E-state index contributed by atoms with van der Waals surface area (Å²) in [5, 5.41) is 16.7. The van der Waals surface area contributed by atoms with E-state index in [1.807, 2.05) is 12.1 Å². The van der Waals surface area contributed by atoms with Crippen LogP contribution in [0.4, 0.5) is 21.9 Å². The Balaban J connectivity index is 1.55. The Morgan fingerprint density at radius 1 is 1.13 bits per heavy atom. The van der Waals surface area contributed by atoms with E-state index >= 15 is 0 Å². The number of nitro benzene ring substituents is 1. The number of nitrogens with one attached hydrogen (secondary N) is 2. The second-order valence-corrected chi connectivity index (χ2v) is 7.14. The molecule has 30 heavy (non-hydrogen) atoms. The van der Waals surface area contributed by atoms with Gasteiger partial charge in [0.1, 0.15) is 5.75 Å².